The van der Waals surface area contributed by atoms with Crippen molar-refractivity contribution in [1.29, 1.82) is 0 Å². The molecule has 0 saturated carbocycles. The van der Waals surface area contributed by atoms with Crippen LogP contribution >= 0.6 is 0 Å². The van der Waals surface area contributed by atoms with Gasteiger partial charge in [-0.05, 0) is 48.5 Å². The summed E-state index contributed by atoms with van der Waals surface area (Å²) in [5.74, 6) is -0.651. The second kappa shape index (κ2) is 8.16. The summed E-state index contributed by atoms with van der Waals surface area (Å²) in [5.41, 5.74) is 5.87. The third kappa shape index (κ3) is 4.28. The summed E-state index contributed by atoms with van der Waals surface area (Å²) in [6.07, 6.45) is 1.72. The Bertz CT molecular complexity index is 1070. The fourth-order valence-corrected chi connectivity index (χ4v) is 3.70. The molecule has 2 aromatic carbocycles. The van der Waals surface area contributed by atoms with Crippen LogP contribution in [0.1, 0.15) is 16.8 Å². The lowest BCUT2D eigenvalue weighted by atomic mass is 9.97. The molecule has 0 unspecified atom stereocenters. The standard InChI is InChI=1S/C22H22FN3O4/c23-17-2-4-18(5-3-17)29-14-22(12-20(24)27)13-26(9-10-30-22)21(28)16-1-6-19-15(11-16)7-8-25-19/h1-8,11,25H,9-10,12-14H2,(H2,24,27)/t22-/m0/s1. The number of nitrogens with one attached hydrogen (secondary N) is 1. The van der Waals surface area contributed by atoms with Crippen LogP contribution in [-0.4, -0.2) is 53.6 Å². The predicted molar refractivity (Wildman–Crippen MR) is 109 cm³/mol. The van der Waals surface area contributed by atoms with E-state index in [2.05, 4.69) is 4.98 Å². The van der Waals surface area contributed by atoms with Crippen molar-refractivity contribution in [3.05, 3.63) is 66.1 Å². The van der Waals surface area contributed by atoms with Crippen molar-refractivity contribution in [2.24, 2.45) is 5.73 Å². The van der Waals surface area contributed by atoms with Gasteiger partial charge in [0.15, 0.2) is 0 Å². The number of amides is 2. The van der Waals surface area contributed by atoms with Gasteiger partial charge in [-0.1, -0.05) is 0 Å². The number of halogens is 1. The topological polar surface area (TPSA) is 97.7 Å². The van der Waals surface area contributed by atoms with Crippen LogP contribution in [0.2, 0.25) is 0 Å². The number of hydrogen-bond acceptors (Lipinski definition) is 4. The number of H-pyrrole nitrogens is 1. The Kier molecular flexibility index (Phi) is 5.41. The molecule has 1 aliphatic heterocycles. The molecule has 1 fully saturated rings. The molecule has 3 aromatic rings. The summed E-state index contributed by atoms with van der Waals surface area (Å²) in [6, 6.07) is 12.9. The van der Waals surface area contributed by atoms with Gasteiger partial charge in [-0.3, -0.25) is 9.59 Å². The van der Waals surface area contributed by atoms with Gasteiger partial charge in [-0.15, -0.1) is 0 Å². The Hall–Kier alpha value is -3.39. The molecule has 2 amide bonds. The molecule has 1 saturated heterocycles. The molecule has 4 rings (SSSR count). The lowest BCUT2D eigenvalue weighted by Gasteiger charge is -2.42. The van der Waals surface area contributed by atoms with E-state index in [1.807, 2.05) is 24.4 Å². The van der Waals surface area contributed by atoms with Crippen LogP contribution in [0, 0.1) is 5.82 Å². The highest BCUT2D eigenvalue weighted by atomic mass is 19.1. The highest BCUT2D eigenvalue weighted by molar-refractivity contribution is 5.98. The number of fused-ring (bicyclic) bond motifs is 1. The van der Waals surface area contributed by atoms with E-state index in [0.29, 0.717) is 17.9 Å². The van der Waals surface area contributed by atoms with Crippen LogP contribution in [0.25, 0.3) is 10.9 Å². The maximum absolute atomic E-state index is 13.1. The summed E-state index contributed by atoms with van der Waals surface area (Å²) >= 11 is 0. The number of morpholine rings is 1. The second-order valence-corrected chi connectivity index (χ2v) is 7.42. The quantitative estimate of drug-likeness (QED) is 0.651. The van der Waals surface area contributed by atoms with Crippen molar-refractivity contribution in [2.75, 3.05) is 26.3 Å². The minimum Gasteiger partial charge on any atom is -0.490 e. The smallest absolute Gasteiger partial charge is 0.254 e. The van der Waals surface area contributed by atoms with E-state index in [0.717, 1.165) is 10.9 Å². The predicted octanol–water partition coefficient (Wildman–Crippen LogP) is 2.47. The molecule has 8 heteroatoms. The Labute approximate surface area is 172 Å². The number of primary amides is 1. The summed E-state index contributed by atoms with van der Waals surface area (Å²) in [7, 11) is 0. The number of carbonyl (C=O) groups is 2. The fraction of sp³-hybridized carbons (Fsp3) is 0.273. The number of aromatic nitrogens is 1. The first kappa shape index (κ1) is 19.9. The maximum Gasteiger partial charge on any atom is 0.254 e. The first-order valence-electron chi connectivity index (χ1n) is 9.61. The summed E-state index contributed by atoms with van der Waals surface area (Å²) in [6.45, 7) is 0.794. The van der Waals surface area contributed by atoms with E-state index >= 15 is 0 Å². The normalized spacial score (nSPS) is 19.0. The lowest BCUT2D eigenvalue weighted by molar-refractivity contribution is -0.142. The minimum atomic E-state index is -1.08. The van der Waals surface area contributed by atoms with Crippen molar-refractivity contribution in [2.45, 2.75) is 12.0 Å². The number of ether oxygens (including phenoxy) is 2. The molecule has 1 aromatic heterocycles. The van der Waals surface area contributed by atoms with Gasteiger partial charge in [0.25, 0.3) is 5.91 Å². The van der Waals surface area contributed by atoms with Crippen LogP contribution in [0.5, 0.6) is 5.75 Å². The minimum absolute atomic E-state index is 0.00218. The van der Waals surface area contributed by atoms with Crippen LogP contribution in [-0.2, 0) is 9.53 Å². The van der Waals surface area contributed by atoms with Crippen molar-refractivity contribution in [3.8, 4) is 5.75 Å². The SMILES string of the molecule is NC(=O)C[C@@]1(COc2ccc(F)cc2)CN(C(=O)c2ccc3[nH]ccc3c2)CCO1. The summed E-state index contributed by atoms with van der Waals surface area (Å²) < 4.78 is 24.8. The van der Waals surface area contributed by atoms with Crippen LogP contribution < -0.4 is 10.5 Å². The molecule has 30 heavy (non-hydrogen) atoms. The monoisotopic (exact) mass is 411 g/mol. The molecule has 2 heterocycles. The molecular weight excluding hydrogens is 389 g/mol. The molecule has 0 spiro atoms. The van der Waals surface area contributed by atoms with E-state index in [4.69, 9.17) is 15.2 Å². The van der Waals surface area contributed by atoms with Gasteiger partial charge in [-0.2, -0.15) is 0 Å². The van der Waals surface area contributed by atoms with E-state index in [1.54, 1.807) is 11.0 Å². The van der Waals surface area contributed by atoms with Gasteiger partial charge in [0.2, 0.25) is 5.91 Å². The molecular formula is C22H22FN3O4. The largest absolute Gasteiger partial charge is 0.490 e. The van der Waals surface area contributed by atoms with Gasteiger partial charge in [0, 0.05) is 29.2 Å². The number of carbonyl (C=O) groups excluding carboxylic acids is 2. The average Bonchev–Trinajstić information content (AvgIpc) is 3.20. The van der Waals surface area contributed by atoms with Crippen molar-refractivity contribution < 1.29 is 23.5 Å². The van der Waals surface area contributed by atoms with Crippen molar-refractivity contribution >= 4 is 22.7 Å². The van der Waals surface area contributed by atoms with E-state index < -0.39 is 11.5 Å². The average molecular weight is 411 g/mol. The van der Waals surface area contributed by atoms with Gasteiger partial charge in [-0.25, -0.2) is 4.39 Å². The number of nitrogens with zero attached hydrogens (tertiary/aromatic N) is 1. The van der Waals surface area contributed by atoms with Crippen molar-refractivity contribution in [3.63, 3.8) is 0 Å². The second-order valence-electron chi connectivity index (χ2n) is 7.42. The number of rotatable bonds is 6. The van der Waals surface area contributed by atoms with Crippen molar-refractivity contribution in [1.82, 2.24) is 9.88 Å². The molecule has 7 nitrogen and oxygen atoms in total. The zero-order valence-electron chi connectivity index (χ0n) is 16.3. The molecule has 3 N–H and O–H groups in total. The molecule has 0 aliphatic carbocycles. The van der Waals surface area contributed by atoms with Gasteiger partial charge < -0.3 is 25.1 Å². The summed E-state index contributed by atoms with van der Waals surface area (Å²) in [4.78, 5) is 29.6. The number of aromatic amines is 1. The molecule has 156 valence electrons. The van der Waals surface area contributed by atoms with Crippen LogP contribution in [0.4, 0.5) is 4.39 Å². The van der Waals surface area contributed by atoms with E-state index in [-0.39, 0.29) is 37.9 Å². The first-order valence-corrected chi connectivity index (χ1v) is 9.61. The van der Waals surface area contributed by atoms with Gasteiger partial charge in [0.05, 0.1) is 19.6 Å². The van der Waals surface area contributed by atoms with Gasteiger partial charge >= 0.3 is 0 Å². The number of hydrogen-bond donors (Lipinski definition) is 2. The first-order chi connectivity index (χ1) is 14.4. The number of nitrogens with two attached hydrogens (primary N) is 1. The summed E-state index contributed by atoms with van der Waals surface area (Å²) in [5, 5.41) is 0.942. The zero-order valence-corrected chi connectivity index (χ0v) is 16.3. The Morgan fingerprint density at radius 1 is 1.20 bits per heavy atom. The lowest BCUT2D eigenvalue weighted by Crippen LogP contribution is -2.58. The zero-order chi connectivity index (χ0) is 21.1. The van der Waals surface area contributed by atoms with E-state index in [1.165, 1.54) is 24.3 Å². The number of benzene rings is 2. The Morgan fingerprint density at radius 2 is 2.00 bits per heavy atom. The third-order valence-corrected chi connectivity index (χ3v) is 5.15. The van der Waals surface area contributed by atoms with E-state index in [9.17, 15) is 14.0 Å². The highest BCUT2D eigenvalue weighted by Gasteiger charge is 2.41. The maximum atomic E-state index is 13.1. The molecule has 1 aliphatic rings. The highest BCUT2D eigenvalue weighted by Crippen LogP contribution is 2.26. The molecule has 0 radical (unpaired) electrons. The molecule has 0 bridgehead atoms. The van der Waals surface area contributed by atoms with Crippen LogP contribution in [0.15, 0.2) is 54.7 Å². The Balaban J connectivity index is 1.52. The fourth-order valence-electron chi connectivity index (χ4n) is 3.70. The Morgan fingerprint density at radius 3 is 2.77 bits per heavy atom. The third-order valence-electron chi connectivity index (χ3n) is 5.15. The van der Waals surface area contributed by atoms with Crippen LogP contribution in [0.3, 0.4) is 0 Å². The van der Waals surface area contributed by atoms with Gasteiger partial charge in [0.1, 0.15) is 23.8 Å². The molecule has 1 atom stereocenters.